The van der Waals surface area contributed by atoms with Crippen molar-refractivity contribution < 1.29 is 49.7 Å². The lowest BCUT2D eigenvalue weighted by atomic mass is 9.96. The molecule has 14 heteroatoms. The number of rotatable bonds is 21. The molecule has 2 aliphatic carbocycles. The Bertz CT molecular complexity index is 1690. The van der Waals surface area contributed by atoms with Crippen LogP contribution in [0.1, 0.15) is 68.1 Å². The Morgan fingerprint density at radius 1 is 0.923 bits per heavy atom. The van der Waals surface area contributed by atoms with Gasteiger partial charge in [0.05, 0.1) is 31.3 Å². The number of halogens is 2. The van der Waals surface area contributed by atoms with Gasteiger partial charge in [-0.1, -0.05) is 41.4 Å². The average molecular weight is 762 g/mol. The monoisotopic (exact) mass is 760 g/mol. The maximum Gasteiger partial charge on any atom is 0.305 e. The lowest BCUT2D eigenvalue weighted by Crippen LogP contribution is -2.50. The number of aromatic nitrogens is 1. The molecule has 1 aromatic heterocycles. The van der Waals surface area contributed by atoms with E-state index >= 15 is 0 Å². The molecule has 3 aromatic rings. The highest BCUT2D eigenvalue weighted by Gasteiger charge is 2.48. The number of benzene rings is 2. The number of amides is 1. The number of hydrogen-bond donors (Lipinski definition) is 6. The molecule has 1 amide bonds. The van der Waals surface area contributed by atoms with E-state index in [2.05, 4.69) is 11.1 Å². The van der Waals surface area contributed by atoms with Crippen molar-refractivity contribution in [2.75, 3.05) is 19.7 Å². The van der Waals surface area contributed by atoms with Crippen molar-refractivity contribution in [1.82, 2.24) is 9.88 Å². The molecule has 0 spiro atoms. The van der Waals surface area contributed by atoms with E-state index < -0.39 is 61.5 Å². The van der Waals surface area contributed by atoms with E-state index in [1.165, 1.54) is 0 Å². The van der Waals surface area contributed by atoms with Crippen LogP contribution >= 0.6 is 23.2 Å². The summed E-state index contributed by atoms with van der Waals surface area (Å²) in [5.74, 6) is -0.756. The van der Waals surface area contributed by atoms with Crippen LogP contribution in [0.5, 0.6) is 5.75 Å². The average Bonchev–Trinajstić information content (AvgIpc) is 4.09. The molecule has 0 unspecified atom stereocenters. The molecule has 1 heterocycles. The van der Waals surface area contributed by atoms with E-state index in [1.54, 1.807) is 18.3 Å². The molecular weight excluding hydrogens is 715 g/mol. The molecule has 6 N–H and O–H groups in total. The zero-order valence-corrected chi connectivity index (χ0v) is 30.3. The van der Waals surface area contributed by atoms with E-state index in [-0.39, 0.29) is 25.7 Å². The van der Waals surface area contributed by atoms with Gasteiger partial charge >= 0.3 is 5.97 Å². The number of carbonyl (C=O) groups excluding carboxylic acids is 1. The minimum atomic E-state index is -1.88. The van der Waals surface area contributed by atoms with Crippen molar-refractivity contribution in [2.24, 2.45) is 0 Å². The summed E-state index contributed by atoms with van der Waals surface area (Å²) in [5.41, 5.74) is 4.06. The number of aryl methyl sites for hydroxylation is 1. The summed E-state index contributed by atoms with van der Waals surface area (Å²) in [6.07, 6.45) is 1.67. The maximum absolute atomic E-state index is 13.0. The van der Waals surface area contributed by atoms with Crippen LogP contribution in [-0.4, -0.2) is 103 Å². The van der Waals surface area contributed by atoms with E-state index in [9.17, 15) is 30.0 Å². The van der Waals surface area contributed by atoms with Crippen LogP contribution in [0, 0.1) is 0 Å². The highest BCUT2D eigenvalue weighted by molar-refractivity contribution is 6.34. The second-order valence-corrected chi connectivity index (χ2v) is 14.4. The Balaban J connectivity index is 1.16. The fourth-order valence-electron chi connectivity index (χ4n) is 6.10. The molecule has 2 aromatic carbocycles. The fraction of sp³-hybridized carbons (Fsp3) is 0.500. The molecule has 12 nitrogen and oxygen atoms in total. The maximum atomic E-state index is 13.0. The Labute approximate surface area is 312 Å². The van der Waals surface area contributed by atoms with Crippen LogP contribution < -0.4 is 4.74 Å². The van der Waals surface area contributed by atoms with Crippen molar-refractivity contribution in [2.45, 2.75) is 101 Å². The third-order valence-electron chi connectivity index (χ3n) is 9.50. The van der Waals surface area contributed by atoms with Gasteiger partial charge < -0.3 is 45.0 Å². The largest absolute Gasteiger partial charge is 0.490 e. The first kappa shape index (κ1) is 39.9. The van der Waals surface area contributed by atoms with E-state index in [0.29, 0.717) is 29.3 Å². The predicted octanol–water partition coefficient (Wildman–Crippen LogP) is 4.25. The van der Waals surface area contributed by atoms with Gasteiger partial charge in [0.15, 0.2) is 0 Å². The molecule has 4 atom stereocenters. The van der Waals surface area contributed by atoms with Gasteiger partial charge in [-0.25, -0.2) is 0 Å². The van der Waals surface area contributed by atoms with Crippen LogP contribution in [0.3, 0.4) is 0 Å². The number of unbranched alkanes of at least 4 members (excludes halogenated alkanes) is 1. The summed E-state index contributed by atoms with van der Waals surface area (Å²) in [4.78, 5) is 29.7. The number of pyridine rings is 1. The van der Waals surface area contributed by atoms with Gasteiger partial charge in [-0.05, 0) is 85.9 Å². The number of nitrogens with zero attached hydrogens (tertiary/aromatic N) is 2. The third kappa shape index (κ3) is 10.4. The van der Waals surface area contributed by atoms with Crippen molar-refractivity contribution in [3.8, 4) is 16.9 Å². The lowest BCUT2D eigenvalue weighted by Gasteiger charge is -2.30. The zero-order chi connectivity index (χ0) is 37.4. The molecule has 5 rings (SSSR count). The lowest BCUT2D eigenvalue weighted by molar-refractivity contribution is -0.142. The molecular formula is C38H46Cl2N2O10. The van der Waals surface area contributed by atoms with Gasteiger partial charge in [0.1, 0.15) is 30.2 Å². The van der Waals surface area contributed by atoms with Gasteiger partial charge in [-0.3, -0.25) is 14.6 Å². The molecule has 0 bridgehead atoms. The van der Waals surface area contributed by atoms with Gasteiger partial charge in [0, 0.05) is 53.1 Å². The Kier molecular flexibility index (Phi) is 13.9. The first-order valence-corrected chi connectivity index (χ1v) is 18.3. The smallest absolute Gasteiger partial charge is 0.305 e. The van der Waals surface area contributed by atoms with Gasteiger partial charge in [0.25, 0.3) is 0 Å². The number of carboxylic acids is 1. The quantitative estimate of drug-likeness (QED) is 0.0852. The highest BCUT2D eigenvalue weighted by Crippen LogP contribution is 2.53. The Morgan fingerprint density at radius 3 is 2.31 bits per heavy atom. The van der Waals surface area contributed by atoms with Crippen LogP contribution in [-0.2, 0) is 33.0 Å². The number of ether oxygens (including phenoxy) is 2. The number of aliphatic hydroxyl groups is 5. The highest BCUT2D eigenvalue weighted by atomic mass is 35.5. The van der Waals surface area contributed by atoms with Crippen molar-refractivity contribution in [3.63, 3.8) is 0 Å². The molecule has 2 saturated carbocycles. The number of para-hydroxylation sites is 1. The normalized spacial score (nSPS) is 17.2. The molecule has 0 saturated heterocycles. The van der Waals surface area contributed by atoms with E-state index in [4.69, 9.17) is 42.9 Å². The summed E-state index contributed by atoms with van der Waals surface area (Å²) >= 11 is 13.4. The third-order valence-corrected chi connectivity index (χ3v) is 10.2. The molecule has 0 radical (unpaired) electrons. The SMILES string of the molecule is O=C(O)CCN(C[C@H](O)[C@@H](O)[C@H](O)[C@H](O)CO)C(=O)CCCCc1cc(Cl)c(COC2(c3cnccc3-c3ccccc3OC3CC3)CC2)cc1Cl. The first-order chi connectivity index (χ1) is 24.9. The topological polar surface area (TPSA) is 190 Å². The van der Waals surface area contributed by atoms with Crippen LogP contribution in [0.15, 0.2) is 54.9 Å². The van der Waals surface area contributed by atoms with Crippen LogP contribution in [0.25, 0.3) is 11.1 Å². The summed E-state index contributed by atoms with van der Waals surface area (Å²) in [5, 5.41) is 59.1. The summed E-state index contributed by atoms with van der Waals surface area (Å²) in [7, 11) is 0. The molecule has 52 heavy (non-hydrogen) atoms. The zero-order valence-electron chi connectivity index (χ0n) is 28.7. The van der Waals surface area contributed by atoms with Gasteiger partial charge in [-0.15, -0.1) is 0 Å². The van der Waals surface area contributed by atoms with Crippen LogP contribution in [0.4, 0.5) is 0 Å². The summed E-state index contributed by atoms with van der Waals surface area (Å²) in [6, 6.07) is 13.6. The number of carbonyl (C=O) groups is 2. The van der Waals surface area contributed by atoms with E-state index in [1.807, 2.05) is 30.5 Å². The second kappa shape index (κ2) is 18.1. The van der Waals surface area contributed by atoms with Gasteiger partial charge in [0.2, 0.25) is 5.91 Å². The summed E-state index contributed by atoms with van der Waals surface area (Å²) < 4.78 is 12.8. The second-order valence-electron chi connectivity index (χ2n) is 13.5. The van der Waals surface area contributed by atoms with Crippen molar-refractivity contribution in [3.05, 3.63) is 81.6 Å². The number of aliphatic hydroxyl groups excluding tert-OH is 5. The Hall–Kier alpha value is -3.33. The van der Waals surface area contributed by atoms with E-state index in [0.717, 1.165) is 64.1 Å². The standard InChI is InChI=1S/C38H46Cl2N2O10/c39-29-18-24(22-51-38(13-14-38)28-19-41-15-11-26(28)27-6-2-3-7-33(27)52-25-9-10-25)30(40)17-23(29)5-1-4-8-34(46)42(16-12-35(47)48)20-31(44)36(49)37(50)32(45)21-43/h2-3,6-7,11,15,17-19,25,31-32,36-37,43-45,49-50H,1,4-5,8-10,12-14,16,20-22H2,(H,47,48)/t31-,32+,36+,37+/m0/s1. The molecule has 282 valence electrons. The number of carboxylic acid groups (broad SMARTS) is 1. The molecule has 2 fully saturated rings. The molecule has 0 aliphatic heterocycles. The Morgan fingerprint density at radius 2 is 1.62 bits per heavy atom. The molecule has 2 aliphatic rings. The number of aliphatic carboxylic acids is 1. The van der Waals surface area contributed by atoms with Crippen molar-refractivity contribution >= 4 is 35.1 Å². The predicted molar refractivity (Wildman–Crippen MR) is 193 cm³/mol. The van der Waals surface area contributed by atoms with Crippen molar-refractivity contribution in [1.29, 1.82) is 0 Å². The minimum absolute atomic E-state index is 0.0249. The first-order valence-electron chi connectivity index (χ1n) is 17.6. The van der Waals surface area contributed by atoms with Gasteiger partial charge in [-0.2, -0.15) is 0 Å². The minimum Gasteiger partial charge on any atom is -0.490 e. The summed E-state index contributed by atoms with van der Waals surface area (Å²) in [6.45, 7) is -1.31. The van der Waals surface area contributed by atoms with Crippen LogP contribution in [0.2, 0.25) is 10.0 Å². The fourth-order valence-corrected chi connectivity index (χ4v) is 6.62. The number of hydrogen-bond acceptors (Lipinski definition) is 10.